The standard InChI is InChI=1S/C18H19N3O5/c1-12-5-7-13(8-6-12)17(24)19-10-16(23)26-11-15(22)20-18(25)14-4-3-9-21(14)2/h3-9H,10-11H2,1-2H3,(H,19,24)(H,20,22,25). The van der Waals surface area contributed by atoms with Gasteiger partial charge >= 0.3 is 5.97 Å². The van der Waals surface area contributed by atoms with E-state index in [1.165, 1.54) is 0 Å². The predicted molar refractivity (Wildman–Crippen MR) is 92.4 cm³/mol. The molecule has 0 fully saturated rings. The molecule has 8 heteroatoms. The van der Waals surface area contributed by atoms with Crippen molar-refractivity contribution in [3.05, 3.63) is 59.4 Å². The fourth-order valence-corrected chi connectivity index (χ4v) is 2.08. The van der Waals surface area contributed by atoms with Crippen LogP contribution in [0.25, 0.3) is 0 Å². The molecule has 0 aliphatic rings. The average molecular weight is 357 g/mol. The molecule has 0 radical (unpaired) electrons. The van der Waals surface area contributed by atoms with E-state index in [2.05, 4.69) is 10.6 Å². The Morgan fingerprint density at radius 2 is 1.73 bits per heavy atom. The summed E-state index contributed by atoms with van der Waals surface area (Å²) in [5, 5.41) is 4.51. The average Bonchev–Trinajstić information content (AvgIpc) is 3.04. The van der Waals surface area contributed by atoms with Crippen molar-refractivity contribution in [3.8, 4) is 0 Å². The van der Waals surface area contributed by atoms with E-state index in [0.29, 0.717) is 11.3 Å². The summed E-state index contributed by atoms with van der Waals surface area (Å²) in [5.41, 5.74) is 1.72. The summed E-state index contributed by atoms with van der Waals surface area (Å²) >= 11 is 0. The SMILES string of the molecule is Cc1ccc(C(=O)NCC(=O)OCC(=O)NC(=O)c2cccn2C)cc1. The first-order valence-corrected chi connectivity index (χ1v) is 7.83. The molecule has 2 rings (SSSR count). The maximum absolute atomic E-state index is 11.9. The van der Waals surface area contributed by atoms with Crippen LogP contribution in [0.2, 0.25) is 0 Å². The van der Waals surface area contributed by atoms with E-state index in [9.17, 15) is 19.2 Å². The van der Waals surface area contributed by atoms with Crippen LogP contribution >= 0.6 is 0 Å². The van der Waals surface area contributed by atoms with Gasteiger partial charge in [-0.05, 0) is 31.2 Å². The molecule has 1 aromatic heterocycles. The molecule has 0 spiro atoms. The van der Waals surface area contributed by atoms with Gasteiger partial charge in [-0.25, -0.2) is 0 Å². The van der Waals surface area contributed by atoms with E-state index in [1.807, 2.05) is 6.92 Å². The number of ether oxygens (including phenoxy) is 1. The number of rotatable bonds is 6. The van der Waals surface area contributed by atoms with E-state index in [-0.39, 0.29) is 6.54 Å². The normalized spacial score (nSPS) is 10.1. The van der Waals surface area contributed by atoms with Crippen LogP contribution in [0, 0.1) is 6.92 Å². The number of carbonyl (C=O) groups excluding carboxylic acids is 4. The molecule has 0 unspecified atom stereocenters. The van der Waals surface area contributed by atoms with Crippen molar-refractivity contribution in [1.29, 1.82) is 0 Å². The number of benzene rings is 1. The van der Waals surface area contributed by atoms with Crippen LogP contribution in [-0.2, 0) is 21.4 Å². The van der Waals surface area contributed by atoms with E-state index in [4.69, 9.17) is 4.74 Å². The van der Waals surface area contributed by atoms with Gasteiger partial charge in [-0.15, -0.1) is 0 Å². The Morgan fingerprint density at radius 3 is 2.35 bits per heavy atom. The van der Waals surface area contributed by atoms with Crippen molar-refractivity contribution < 1.29 is 23.9 Å². The third kappa shape index (κ3) is 5.30. The Bertz CT molecular complexity index is 824. The molecule has 26 heavy (non-hydrogen) atoms. The maximum atomic E-state index is 11.9. The number of nitrogens with one attached hydrogen (secondary N) is 2. The number of aryl methyl sites for hydroxylation is 2. The molecule has 0 atom stereocenters. The number of hydrogen-bond acceptors (Lipinski definition) is 5. The molecule has 0 saturated heterocycles. The molecule has 3 amide bonds. The quantitative estimate of drug-likeness (QED) is 0.735. The second-order valence-electron chi connectivity index (χ2n) is 5.59. The van der Waals surface area contributed by atoms with Crippen LogP contribution in [0.3, 0.4) is 0 Å². The molecule has 0 bridgehead atoms. The fourth-order valence-electron chi connectivity index (χ4n) is 2.08. The number of imide groups is 1. The molecule has 136 valence electrons. The van der Waals surface area contributed by atoms with Gasteiger partial charge in [-0.3, -0.25) is 24.5 Å². The zero-order valence-corrected chi connectivity index (χ0v) is 14.4. The highest BCUT2D eigenvalue weighted by Gasteiger charge is 2.15. The highest BCUT2D eigenvalue weighted by Crippen LogP contribution is 2.02. The lowest BCUT2D eigenvalue weighted by Crippen LogP contribution is -2.37. The number of carbonyl (C=O) groups is 4. The van der Waals surface area contributed by atoms with E-state index in [1.54, 1.807) is 54.2 Å². The van der Waals surface area contributed by atoms with Crippen LogP contribution in [0.15, 0.2) is 42.6 Å². The van der Waals surface area contributed by atoms with Gasteiger partial charge < -0.3 is 14.6 Å². The minimum atomic E-state index is -0.785. The molecule has 2 N–H and O–H groups in total. The summed E-state index contributed by atoms with van der Waals surface area (Å²) in [6, 6.07) is 10.0. The van der Waals surface area contributed by atoms with Crippen LogP contribution in [0.4, 0.5) is 0 Å². The van der Waals surface area contributed by atoms with Gasteiger partial charge in [0.15, 0.2) is 6.61 Å². The Balaban J connectivity index is 1.72. The minimum Gasteiger partial charge on any atom is -0.454 e. The molecule has 0 saturated carbocycles. The van der Waals surface area contributed by atoms with Crippen molar-refractivity contribution in [2.45, 2.75) is 6.92 Å². The molecule has 2 aromatic rings. The first-order valence-electron chi connectivity index (χ1n) is 7.83. The summed E-state index contributed by atoms with van der Waals surface area (Å²) in [4.78, 5) is 46.9. The molecular formula is C18H19N3O5. The van der Waals surface area contributed by atoms with Gasteiger partial charge in [-0.1, -0.05) is 17.7 Å². The van der Waals surface area contributed by atoms with E-state index >= 15 is 0 Å². The first kappa shape index (κ1) is 18.9. The molecular weight excluding hydrogens is 338 g/mol. The molecule has 0 aliphatic heterocycles. The Hall–Kier alpha value is -3.42. The minimum absolute atomic E-state index is 0.301. The van der Waals surface area contributed by atoms with E-state index in [0.717, 1.165) is 5.56 Å². The maximum Gasteiger partial charge on any atom is 0.325 e. The number of aromatic nitrogens is 1. The summed E-state index contributed by atoms with van der Waals surface area (Å²) < 4.78 is 6.28. The third-order valence-electron chi connectivity index (χ3n) is 3.50. The smallest absolute Gasteiger partial charge is 0.325 e. The van der Waals surface area contributed by atoms with Crippen LogP contribution in [0.1, 0.15) is 26.4 Å². The number of nitrogens with zero attached hydrogens (tertiary/aromatic N) is 1. The predicted octanol–water partition coefficient (Wildman–Crippen LogP) is 0.563. The zero-order chi connectivity index (χ0) is 19.1. The monoisotopic (exact) mass is 357 g/mol. The van der Waals surface area contributed by atoms with Crippen LogP contribution in [-0.4, -0.2) is 41.4 Å². The topological polar surface area (TPSA) is 106 Å². The first-order chi connectivity index (χ1) is 12.4. The summed E-state index contributed by atoms with van der Waals surface area (Å²) in [5.74, 6) is -2.56. The van der Waals surface area contributed by atoms with Crippen LogP contribution in [0.5, 0.6) is 0 Å². The Morgan fingerprint density at radius 1 is 1.04 bits per heavy atom. The number of amides is 3. The molecule has 1 heterocycles. The highest BCUT2D eigenvalue weighted by atomic mass is 16.5. The van der Waals surface area contributed by atoms with Gasteiger partial charge in [0.25, 0.3) is 17.7 Å². The van der Waals surface area contributed by atoms with Gasteiger partial charge in [0, 0.05) is 18.8 Å². The van der Waals surface area contributed by atoms with Crippen molar-refractivity contribution in [1.82, 2.24) is 15.2 Å². The van der Waals surface area contributed by atoms with Gasteiger partial charge in [0.05, 0.1) is 0 Å². The van der Waals surface area contributed by atoms with Gasteiger partial charge in [0.2, 0.25) is 0 Å². The molecule has 1 aromatic carbocycles. The number of hydrogen-bond donors (Lipinski definition) is 2. The third-order valence-corrected chi connectivity index (χ3v) is 3.50. The lowest BCUT2D eigenvalue weighted by Gasteiger charge is -2.07. The molecule has 0 aliphatic carbocycles. The Labute approximate surface area is 150 Å². The van der Waals surface area contributed by atoms with Crippen molar-refractivity contribution >= 4 is 23.7 Å². The van der Waals surface area contributed by atoms with Gasteiger partial charge in [0.1, 0.15) is 12.2 Å². The summed E-state index contributed by atoms with van der Waals surface area (Å²) in [7, 11) is 1.66. The fraction of sp³-hybridized carbons (Fsp3) is 0.222. The van der Waals surface area contributed by atoms with Crippen molar-refractivity contribution in [2.75, 3.05) is 13.2 Å². The number of esters is 1. The van der Waals surface area contributed by atoms with Crippen LogP contribution < -0.4 is 10.6 Å². The second kappa shape index (κ2) is 8.61. The second-order valence-corrected chi connectivity index (χ2v) is 5.59. The van der Waals surface area contributed by atoms with Crippen molar-refractivity contribution in [3.63, 3.8) is 0 Å². The Kier molecular flexibility index (Phi) is 6.26. The summed E-state index contributed by atoms with van der Waals surface area (Å²) in [6.07, 6.45) is 1.66. The van der Waals surface area contributed by atoms with Crippen molar-refractivity contribution in [2.24, 2.45) is 7.05 Å². The van der Waals surface area contributed by atoms with E-state index < -0.39 is 30.3 Å². The lowest BCUT2D eigenvalue weighted by atomic mass is 10.1. The molecule has 8 nitrogen and oxygen atoms in total. The summed E-state index contributed by atoms with van der Waals surface area (Å²) in [6.45, 7) is 0.897. The lowest BCUT2D eigenvalue weighted by molar-refractivity contribution is -0.147. The van der Waals surface area contributed by atoms with Gasteiger partial charge in [-0.2, -0.15) is 0 Å². The largest absolute Gasteiger partial charge is 0.454 e. The zero-order valence-electron chi connectivity index (χ0n) is 14.4. The highest BCUT2D eigenvalue weighted by molar-refractivity contribution is 6.04.